The van der Waals surface area contributed by atoms with E-state index in [1.165, 1.54) is 0 Å². The van der Waals surface area contributed by atoms with Crippen molar-refractivity contribution in [2.75, 3.05) is 19.3 Å². The van der Waals surface area contributed by atoms with Crippen LogP contribution < -0.4 is 5.32 Å². The van der Waals surface area contributed by atoms with E-state index in [0.29, 0.717) is 13.1 Å². The fourth-order valence-corrected chi connectivity index (χ4v) is 3.12. The second-order valence-electron chi connectivity index (χ2n) is 6.07. The Morgan fingerprint density at radius 3 is 2.71 bits per heavy atom. The zero-order valence-corrected chi connectivity index (χ0v) is 14.5. The zero-order chi connectivity index (χ0) is 15.6. The lowest BCUT2D eigenvalue weighted by atomic mass is 10.1. The number of aliphatic imine (C=N–C) groups is 1. The van der Waals surface area contributed by atoms with Crippen LogP contribution in [0.5, 0.6) is 0 Å². The van der Waals surface area contributed by atoms with E-state index < -0.39 is 5.60 Å². The highest BCUT2D eigenvalue weighted by molar-refractivity contribution is 8.13. The van der Waals surface area contributed by atoms with Gasteiger partial charge in [0.25, 0.3) is 0 Å². The van der Waals surface area contributed by atoms with E-state index in [0.717, 1.165) is 29.3 Å². The van der Waals surface area contributed by atoms with Crippen LogP contribution in [0.1, 0.15) is 33.6 Å². The Morgan fingerprint density at radius 2 is 2.10 bits per heavy atom. The fraction of sp³-hybridized carbons (Fsp3) is 0.714. The third-order valence-corrected chi connectivity index (χ3v) is 4.25. The number of amidine groups is 1. The largest absolute Gasteiger partial charge is 0.444 e. The summed E-state index contributed by atoms with van der Waals surface area (Å²) in [4.78, 5) is 18.3. The lowest BCUT2D eigenvalue weighted by Crippen LogP contribution is -2.37. The molecule has 0 aromatic rings. The summed E-state index contributed by atoms with van der Waals surface area (Å²) in [6, 6.07) is 0. The van der Waals surface area contributed by atoms with Crippen LogP contribution in [-0.4, -0.2) is 46.6 Å². The molecular formula is C14H22ClN3O2S. The molecule has 0 aromatic carbocycles. The minimum absolute atomic E-state index is 0.264. The summed E-state index contributed by atoms with van der Waals surface area (Å²) in [6.07, 6.45) is 3.17. The fourth-order valence-electron chi connectivity index (χ4n) is 2.29. The van der Waals surface area contributed by atoms with Crippen LogP contribution in [0.3, 0.4) is 0 Å². The second kappa shape index (κ2) is 6.48. The molecule has 5 nitrogen and oxygen atoms in total. The normalized spacial score (nSPS) is 23.0. The number of ether oxygens (including phenoxy) is 1. The summed E-state index contributed by atoms with van der Waals surface area (Å²) in [5, 5.41) is 4.15. The number of halogens is 1. The molecule has 2 rings (SSSR count). The maximum Gasteiger partial charge on any atom is 0.410 e. The van der Waals surface area contributed by atoms with Gasteiger partial charge in [-0.1, -0.05) is 23.4 Å². The van der Waals surface area contributed by atoms with Crippen LogP contribution in [0, 0.1) is 0 Å². The van der Waals surface area contributed by atoms with Gasteiger partial charge in [0, 0.05) is 25.2 Å². The second-order valence-corrected chi connectivity index (χ2v) is 7.28. The molecule has 0 saturated carbocycles. The minimum Gasteiger partial charge on any atom is -0.444 e. The number of hydrogen-bond donors (Lipinski definition) is 1. The smallest absolute Gasteiger partial charge is 0.410 e. The number of amides is 1. The van der Waals surface area contributed by atoms with E-state index in [-0.39, 0.29) is 11.6 Å². The maximum atomic E-state index is 12.2. The third-order valence-electron chi connectivity index (χ3n) is 3.29. The van der Waals surface area contributed by atoms with Gasteiger partial charge in [0.15, 0.2) is 5.17 Å². The SMILES string of the molecule is CSC1=NC(Cl)C2=C(CCN(C(=O)OC(C)(C)C)CC2)N1. The number of alkyl halides is 1. The van der Waals surface area contributed by atoms with Crippen LogP contribution in [0.25, 0.3) is 0 Å². The predicted octanol–water partition coefficient (Wildman–Crippen LogP) is 3.16. The van der Waals surface area contributed by atoms with Crippen LogP contribution in [-0.2, 0) is 4.74 Å². The highest BCUT2D eigenvalue weighted by atomic mass is 35.5. The first-order valence-corrected chi connectivity index (χ1v) is 8.69. The first kappa shape index (κ1) is 16.5. The van der Waals surface area contributed by atoms with Crippen molar-refractivity contribution in [1.29, 1.82) is 0 Å². The van der Waals surface area contributed by atoms with Crippen molar-refractivity contribution in [1.82, 2.24) is 10.2 Å². The van der Waals surface area contributed by atoms with Crippen molar-refractivity contribution < 1.29 is 9.53 Å². The Kier molecular flexibility index (Phi) is 5.09. The third kappa shape index (κ3) is 4.30. The predicted molar refractivity (Wildman–Crippen MR) is 87.8 cm³/mol. The van der Waals surface area contributed by atoms with Gasteiger partial charge in [0.1, 0.15) is 11.1 Å². The summed E-state index contributed by atoms with van der Waals surface area (Å²) in [7, 11) is 0. The number of rotatable bonds is 0. The molecule has 0 fully saturated rings. The molecule has 0 aromatic heterocycles. The van der Waals surface area contributed by atoms with Crippen molar-refractivity contribution in [3.05, 3.63) is 11.3 Å². The minimum atomic E-state index is -0.473. The summed E-state index contributed by atoms with van der Waals surface area (Å²) >= 11 is 7.88. The number of carbonyl (C=O) groups is 1. The quantitative estimate of drug-likeness (QED) is 0.547. The zero-order valence-electron chi connectivity index (χ0n) is 12.9. The maximum absolute atomic E-state index is 12.2. The molecule has 0 saturated heterocycles. The van der Waals surface area contributed by atoms with Gasteiger partial charge < -0.3 is 15.0 Å². The van der Waals surface area contributed by atoms with E-state index >= 15 is 0 Å². The number of thioether (sulfide) groups is 1. The Bertz CT molecular complexity index is 485. The lowest BCUT2D eigenvalue weighted by molar-refractivity contribution is 0.0258. The summed E-state index contributed by atoms with van der Waals surface area (Å²) in [5.41, 5.74) is 1.38. The Balaban J connectivity index is 2.02. The molecule has 0 radical (unpaired) electrons. The molecule has 1 atom stereocenters. The molecule has 0 aliphatic carbocycles. The van der Waals surface area contributed by atoms with Gasteiger partial charge in [-0.3, -0.25) is 0 Å². The van der Waals surface area contributed by atoms with Crippen LogP contribution >= 0.6 is 23.4 Å². The summed E-state index contributed by atoms with van der Waals surface area (Å²) in [5.74, 6) is 0. The molecule has 7 heteroatoms. The van der Waals surface area contributed by atoms with Crippen molar-refractivity contribution in [2.45, 2.75) is 44.7 Å². The van der Waals surface area contributed by atoms with Crippen molar-refractivity contribution in [3.63, 3.8) is 0 Å². The van der Waals surface area contributed by atoms with Crippen LogP contribution in [0.2, 0.25) is 0 Å². The van der Waals surface area contributed by atoms with Gasteiger partial charge in [-0.05, 0) is 39.0 Å². The highest BCUT2D eigenvalue weighted by Gasteiger charge is 2.29. The molecule has 0 spiro atoms. The van der Waals surface area contributed by atoms with Gasteiger partial charge >= 0.3 is 6.09 Å². The average molecular weight is 332 g/mol. The van der Waals surface area contributed by atoms with Gasteiger partial charge in [-0.25, -0.2) is 9.79 Å². The van der Waals surface area contributed by atoms with Crippen molar-refractivity contribution >= 4 is 34.6 Å². The Hall–Kier alpha value is -0.880. The number of carbonyl (C=O) groups excluding carboxylic acids is 1. The van der Waals surface area contributed by atoms with E-state index in [1.807, 2.05) is 27.0 Å². The van der Waals surface area contributed by atoms with E-state index in [2.05, 4.69) is 10.3 Å². The van der Waals surface area contributed by atoms with Crippen molar-refractivity contribution in [3.8, 4) is 0 Å². The first-order chi connectivity index (χ1) is 9.80. The lowest BCUT2D eigenvalue weighted by Gasteiger charge is -2.26. The van der Waals surface area contributed by atoms with Crippen molar-refractivity contribution in [2.24, 2.45) is 4.99 Å². The van der Waals surface area contributed by atoms with E-state index in [4.69, 9.17) is 16.3 Å². The number of nitrogens with zero attached hydrogens (tertiary/aromatic N) is 2. The average Bonchev–Trinajstić information content (AvgIpc) is 2.59. The molecule has 2 aliphatic heterocycles. The summed E-state index contributed by atoms with van der Waals surface area (Å²) < 4.78 is 5.44. The monoisotopic (exact) mass is 331 g/mol. The molecular weight excluding hydrogens is 310 g/mol. The number of nitrogens with one attached hydrogen (secondary N) is 1. The van der Waals surface area contributed by atoms with Crippen LogP contribution in [0.4, 0.5) is 4.79 Å². The summed E-state index contributed by atoms with van der Waals surface area (Å²) in [6.45, 7) is 6.87. The molecule has 1 unspecified atom stereocenters. The molecule has 1 N–H and O–H groups in total. The molecule has 2 aliphatic rings. The van der Waals surface area contributed by atoms with Gasteiger partial charge in [-0.15, -0.1) is 0 Å². The van der Waals surface area contributed by atoms with E-state index in [1.54, 1.807) is 16.7 Å². The number of hydrogen-bond acceptors (Lipinski definition) is 5. The van der Waals surface area contributed by atoms with Gasteiger partial charge in [0.05, 0.1) is 0 Å². The first-order valence-electron chi connectivity index (χ1n) is 7.03. The highest BCUT2D eigenvalue weighted by Crippen LogP contribution is 2.28. The van der Waals surface area contributed by atoms with Crippen LogP contribution in [0.15, 0.2) is 16.3 Å². The van der Waals surface area contributed by atoms with Gasteiger partial charge in [0.2, 0.25) is 0 Å². The standard InChI is InChI=1S/C14H22ClN3O2S/c1-14(2,3)20-13(19)18-7-5-9-10(6-8-18)16-12(21-4)17-11(9)15/h11H,5-8H2,1-4H3,(H,16,17). The molecule has 0 bridgehead atoms. The molecule has 2 heterocycles. The molecule has 21 heavy (non-hydrogen) atoms. The van der Waals surface area contributed by atoms with E-state index in [9.17, 15) is 4.79 Å². The Morgan fingerprint density at radius 1 is 1.43 bits per heavy atom. The molecule has 1 amide bonds. The molecule has 118 valence electrons. The Labute approximate surface area is 135 Å². The van der Waals surface area contributed by atoms with Gasteiger partial charge in [-0.2, -0.15) is 0 Å². The topological polar surface area (TPSA) is 53.9 Å².